The fourth-order valence-electron chi connectivity index (χ4n) is 2.60. The second-order valence-corrected chi connectivity index (χ2v) is 6.16. The highest BCUT2D eigenvalue weighted by Gasteiger charge is 2.21. The van der Waals surface area contributed by atoms with E-state index >= 15 is 0 Å². The topological polar surface area (TPSA) is 62.5 Å². The minimum Gasteiger partial charge on any atom is -0.475 e. The Labute approximate surface area is 121 Å². The molecule has 1 saturated heterocycles. The van der Waals surface area contributed by atoms with E-state index in [1.54, 1.807) is 0 Å². The Morgan fingerprint density at radius 2 is 2.30 bits per heavy atom. The van der Waals surface area contributed by atoms with Crippen molar-refractivity contribution in [2.45, 2.75) is 25.4 Å². The van der Waals surface area contributed by atoms with Gasteiger partial charge in [0.2, 0.25) is 5.76 Å². The molecule has 1 unspecified atom stereocenters. The van der Waals surface area contributed by atoms with Gasteiger partial charge in [-0.15, -0.1) is 0 Å². The Morgan fingerprint density at radius 1 is 1.45 bits per heavy atom. The number of carboxylic acid groups (broad SMARTS) is 1. The molecule has 20 heavy (non-hydrogen) atoms. The van der Waals surface area contributed by atoms with E-state index in [0.717, 1.165) is 23.1 Å². The van der Waals surface area contributed by atoms with Crippen LogP contribution in [0.15, 0.2) is 28.7 Å². The average molecular weight is 291 g/mol. The summed E-state index contributed by atoms with van der Waals surface area (Å²) >= 11 is 1.95. The molecule has 2 N–H and O–H groups in total. The highest BCUT2D eigenvalue weighted by atomic mass is 32.2. The third-order valence-corrected chi connectivity index (χ3v) is 4.84. The van der Waals surface area contributed by atoms with Gasteiger partial charge in [0.1, 0.15) is 5.58 Å². The molecule has 1 aromatic heterocycles. The molecule has 0 radical (unpaired) electrons. The molecule has 0 saturated carbocycles. The molecule has 3 rings (SSSR count). The lowest BCUT2D eigenvalue weighted by atomic mass is 10.1. The third kappa shape index (κ3) is 2.69. The van der Waals surface area contributed by atoms with Gasteiger partial charge in [0.15, 0.2) is 0 Å². The Morgan fingerprint density at radius 3 is 3.05 bits per heavy atom. The summed E-state index contributed by atoms with van der Waals surface area (Å²) in [4.78, 5) is 11.3. The summed E-state index contributed by atoms with van der Waals surface area (Å²) in [5.41, 5.74) is 1.39. The van der Waals surface area contributed by atoms with Crippen LogP contribution in [0.2, 0.25) is 0 Å². The van der Waals surface area contributed by atoms with Gasteiger partial charge in [-0.05, 0) is 24.7 Å². The summed E-state index contributed by atoms with van der Waals surface area (Å²) < 4.78 is 5.46. The van der Waals surface area contributed by atoms with Crippen molar-refractivity contribution in [3.63, 3.8) is 0 Å². The van der Waals surface area contributed by atoms with Crippen molar-refractivity contribution in [3.8, 4) is 0 Å². The number of hydrogen-bond acceptors (Lipinski definition) is 4. The number of hydrogen-bond donors (Lipinski definition) is 2. The van der Waals surface area contributed by atoms with Gasteiger partial charge in [0, 0.05) is 29.3 Å². The zero-order valence-electron chi connectivity index (χ0n) is 11.1. The third-order valence-electron chi connectivity index (χ3n) is 3.62. The second-order valence-electron chi connectivity index (χ2n) is 5.01. The van der Waals surface area contributed by atoms with Crippen molar-refractivity contribution in [1.82, 2.24) is 5.32 Å². The highest BCUT2D eigenvalue weighted by Crippen LogP contribution is 2.26. The smallest absolute Gasteiger partial charge is 0.372 e. The number of thioether (sulfide) groups is 1. The van der Waals surface area contributed by atoms with Crippen LogP contribution in [0.5, 0.6) is 0 Å². The number of fused-ring (bicyclic) bond motifs is 1. The van der Waals surface area contributed by atoms with Crippen molar-refractivity contribution in [3.05, 3.63) is 35.6 Å². The molecule has 0 spiro atoms. The Bertz CT molecular complexity index is 617. The molecule has 2 heterocycles. The van der Waals surface area contributed by atoms with Crippen LogP contribution < -0.4 is 5.32 Å². The van der Waals surface area contributed by atoms with Crippen LogP contribution in [-0.2, 0) is 6.54 Å². The summed E-state index contributed by atoms with van der Waals surface area (Å²) in [5.74, 6) is 1.38. The largest absolute Gasteiger partial charge is 0.475 e. The molecule has 1 atom stereocenters. The first kappa shape index (κ1) is 13.5. The number of carbonyl (C=O) groups is 1. The van der Waals surface area contributed by atoms with Crippen molar-refractivity contribution in [2.75, 3.05) is 11.5 Å². The van der Waals surface area contributed by atoms with Crippen LogP contribution in [0.3, 0.4) is 0 Å². The molecule has 0 aliphatic carbocycles. The summed E-state index contributed by atoms with van der Waals surface area (Å²) in [6.45, 7) is 0.546. The summed E-state index contributed by atoms with van der Waals surface area (Å²) in [5, 5.41) is 13.6. The van der Waals surface area contributed by atoms with Gasteiger partial charge in [-0.3, -0.25) is 0 Å². The van der Waals surface area contributed by atoms with Crippen molar-refractivity contribution in [1.29, 1.82) is 0 Å². The molecule has 5 heteroatoms. The molecule has 0 bridgehead atoms. The second kappa shape index (κ2) is 5.89. The first-order chi connectivity index (χ1) is 9.75. The average Bonchev–Trinajstić information content (AvgIpc) is 2.85. The van der Waals surface area contributed by atoms with Crippen LogP contribution in [0.25, 0.3) is 11.0 Å². The number of rotatable bonds is 4. The van der Waals surface area contributed by atoms with Gasteiger partial charge in [-0.1, -0.05) is 18.2 Å². The zero-order chi connectivity index (χ0) is 13.9. The Hall–Kier alpha value is -1.46. The van der Waals surface area contributed by atoms with Crippen LogP contribution >= 0.6 is 11.8 Å². The van der Waals surface area contributed by atoms with E-state index in [1.165, 1.54) is 12.2 Å². The molecule has 1 aliphatic rings. The molecule has 1 aliphatic heterocycles. The number of para-hydroxylation sites is 1. The highest BCUT2D eigenvalue weighted by molar-refractivity contribution is 7.99. The van der Waals surface area contributed by atoms with Crippen LogP contribution in [0.4, 0.5) is 0 Å². The molecule has 1 fully saturated rings. The van der Waals surface area contributed by atoms with Gasteiger partial charge in [-0.2, -0.15) is 11.8 Å². The van der Waals surface area contributed by atoms with Crippen molar-refractivity contribution < 1.29 is 14.3 Å². The van der Waals surface area contributed by atoms with Crippen LogP contribution in [0, 0.1) is 0 Å². The first-order valence-electron chi connectivity index (χ1n) is 6.80. The number of benzene rings is 1. The van der Waals surface area contributed by atoms with Crippen LogP contribution in [0.1, 0.15) is 29.0 Å². The zero-order valence-corrected chi connectivity index (χ0v) is 11.9. The standard InChI is InChI=1S/C15H17NO3S/c17-15(18)14-12(8-16-10-4-3-7-20-9-10)11-5-1-2-6-13(11)19-14/h1-2,5-6,10,16H,3-4,7-9H2,(H,17,18). The monoisotopic (exact) mass is 291 g/mol. The molecular formula is C15H17NO3S. The number of aromatic carboxylic acids is 1. The minimum atomic E-state index is -1.00. The maximum Gasteiger partial charge on any atom is 0.372 e. The van der Waals surface area contributed by atoms with Gasteiger partial charge in [-0.25, -0.2) is 4.79 Å². The summed E-state index contributed by atoms with van der Waals surface area (Å²) in [7, 11) is 0. The van der Waals surface area contributed by atoms with Gasteiger partial charge >= 0.3 is 5.97 Å². The van der Waals surface area contributed by atoms with E-state index < -0.39 is 5.97 Å². The molecular weight excluding hydrogens is 274 g/mol. The Balaban J connectivity index is 1.84. The van der Waals surface area contributed by atoms with E-state index in [9.17, 15) is 9.90 Å². The van der Waals surface area contributed by atoms with Crippen molar-refractivity contribution in [2.24, 2.45) is 0 Å². The predicted octanol–water partition coefficient (Wildman–Crippen LogP) is 3.12. The van der Waals surface area contributed by atoms with Gasteiger partial charge in [0.05, 0.1) is 0 Å². The first-order valence-corrected chi connectivity index (χ1v) is 7.96. The molecule has 2 aromatic rings. The summed E-state index contributed by atoms with van der Waals surface area (Å²) in [6.07, 6.45) is 2.38. The molecule has 0 amide bonds. The van der Waals surface area contributed by atoms with E-state index in [0.29, 0.717) is 18.2 Å². The predicted molar refractivity (Wildman–Crippen MR) is 80.4 cm³/mol. The van der Waals surface area contributed by atoms with Gasteiger partial charge < -0.3 is 14.8 Å². The maximum absolute atomic E-state index is 11.3. The lowest BCUT2D eigenvalue weighted by molar-refractivity contribution is 0.0663. The van der Waals surface area contributed by atoms with Crippen LogP contribution in [-0.4, -0.2) is 28.6 Å². The van der Waals surface area contributed by atoms with Gasteiger partial charge in [0.25, 0.3) is 0 Å². The fourth-order valence-corrected chi connectivity index (χ4v) is 3.70. The quantitative estimate of drug-likeness (QED) is 0.906. The number of nitrogens with one attached hydrogen (secondary N) is 1. The maximum atomic E-state index is 11.3. The Kier molecular flexibility index (Phi) is 3.98. The lowest BCUT2D eigenvalue weighted by Crippen LogP contribution is -2.33. The summed E-state index contributed by atoms with van der Waals surface area (Å²) in [6, 6.07) is 7.94. The van der Waals surface area contributed by atoms with Crippen molar-refractivity contribution >= 4 is 28.7 Å². The van der Waals surface area contributed by atoms with E-state index in [-0.39, 0.29) is 5.76 Å². The minimum absolute atomic E-state index is 0.0576. The number of carboxylic acids is 1. The normalized spacial score (nSPS) is 19.3. The lowest BCUT2D eigenvalue weighted by Gasteiger charge is -2.22. The number of furan rings is 1. The van der Waals surface area contributed by atoms with E-state index in [4.69, 9.17) is 4.42 Å². The molecule has 106 valence electrons. The SMILES string of the molecule is O=C(O)c1oc2ccccc2c1CNC1CCCSC1. The van der Waals surface area contributed by atoms with E-state index in [1.807, 2.05) is 36.0 Å². The fraction of sp³-hybridized carbons (Fsp3) is 0.400. The van der Waals surface area contributed by atoms with E-state index in [2.05, 4.69) is 5.32 Å². The molecule has 4 nitrogen and oxygen atoms in total. The molecule has 1 aromatic carbocycles.